The molecule has 1 heterocycles. The van der Waals surface area contributed by atoms with E-state index in [-0.39, 0.29) is 23.1 Å². The van der Waals surface area contributed by atoms with Crippen LogP contribution in [0.4, 0.5) is 10.5 Å². The highest BCUT2D eigenvalue weighted by Crippen LogP contribution is 2.16. The minimum Gasteiger partial charge on any atom is -0.376 e. The molecule has 0 bridgehead atoms. The molecule has 2 amide bonds. The van der Waals surface area contributed by atoms with Crippen LogP contribution < -0.4 is 15.8 Å². The van der Waals surface area contributed by atoms with Crippen molar-refractivity contribution in [1.29, 1.82) is 0 Å². The van der Waals surface area contributed by atoms with Crippen molar-refractivity contribution >= 4 is 21.7 Å². The lowest BCUT2D eigenvalue weighted by Crippen LogP contribution is -2.42. The highest BCUT2D eigenvalue weighted by atomic mass is 32.2. The van der Waals surface area contributed by atoms with Gasteiger partial charge in [-0.2, -0.15) is 0 Å². The van der Waals surface area contributed by atoms with Gasteiger partial charge in [0.1, 0.15) is 0 Å². The molecule has 1 aliphatic rings. The zero-order valence-corrected chi connectivity index (χ0v) is 12.5. The normalized spacial score (nSPS) is 20.0. The molecule has 2 rings (SSSR count). The summed E-state index contributed by atoms with van der Waals surface area (Å²) in [5, 5.41) is 10.4. The van der Waals surface area contributed by atoms with Crippen LogP contribution in [0.25, 0.3) is 0 Å². The Bertz CT molecular complexity index is 594. The van der Waals surface area contributed by atoms with Gasteiger partial charge < -0.3 is 15.4 Å². The smallest absolute Gasteiger partial charge is 0.319 e. The van der Waals surface area contributed by atoms with E-state index >= 15 is 0 Å². The lowest BCUT2D eigenvalue weighted by atomic mass is 10.1. The van der Waals surface area contributed by atoms with Gasteiger partial charge in [0.2, 0.25) is 10.0 Å². The Kier molecular flexibility index (Phi) is 4.81. The maximum atomic E-state index is 11.8. The maximum absolute atomic E-state index is 11.8. The molecule has 7 nitrogen and oxygen atoms in total. The van der Waals surface area contributed by atoms with E-state index < -0.39 is 10.0 Å². The molecule has 21 heavy (non-hydrogen) atoms. The number of benzene rings is 1. The first-order valence-corrected chi connectivity index (χ1v) is 8.23. The molecular formula is C13H19N3O4S. The second-order valence-corrected chi connectivity index (χ2v) is 6.57. The predicted molar refractivity (Wildman–Crippen MR) is 78.4 cm³/mol. The number of amides is 2. The summed E-state index contributed by atoms with van der Waals surface area (Å²) < 4.78 is 27.7. The van der Waals surface area contributed by atoms with Gasteiger partial charge in [-0.3, -0.25) is 0 Å². The van der Waals surface area contributed by atoms with E-state index in [0.29, 0.717) is 5.69 Å². The standard InChI is InChI=1S/C13H19N3O4S/c1-9(12-3-2-8-20-12)15-13(17)16-10-4-6-11(7-5-10)21(14,18)19/h4-7,9,12H,2-3,8H2,1H3,(H2,14,18,19)(H2,15,16,17). The van der Waals surface area contributed by atoms with Gasteiger partial charge in [0.05, 0.1) is 17.0 Å². The Morgan fingerprint density at radius 3 is 2.57 bits per heavy atom. The van der Waals surface area contributed by atoms with Crippen LogP contribution >= 0.6 is 0 Å². The fourth-order valence-corrected chi connectivity index (χ4v) is 2.71. The Labute approximate surface area is 123 Å². The lowest BCUT2D eigenvalue weighted by molar-refractivity contribution is 0.0868. The molecule has 0 aromatic heterocycles. The van der Waals surface area contributed by atoms with Crippen LogP contribution in [0.5, 0.6) is 0 Å². The first kappa shape index (κ1) is 15.7. The predicted octanol–water partition coefficient (Wildman–Crippen LogP) is 1.02. The Hall–Kier alpha value is -1.64. The molecule has 1 fully saturated rings. The van der Waals surface area contributed by atoms with Crippen molar-refractivity contribution in [3.8, 4) is 0 Å². The van der Waals surface area contributed by atoms with E-state index in [1.807, 2.05) is 6.92 Å². The summed E-state index contributed by atoms with van der Waals surface area (Å²) in [5.41, 5.74) is 0.486. The van der Waals surface area contributed by atoms with Gasteiger partial charge in [-0.1, -0.05) is 0 Å². The fourth-order valence-electron chi connectivity index (χ4n) is 2.19. The number of anilines is 1. The second kappa shape index (κ2) is 6.42. The number of nitrogens with two attached hydrogens (primary N) is 1. The average Bonchev–Trinajstić information content (AvgIpc) is 2.92. The number of sulfonamides is 1. The van der Waals surface area contributed by atoms with Crippen LogP contribution in [0, 0.1) is 0 Å². The maximum Gasteiger partial charge on any atom is 0.319 e. The molecule has 0 saturated carbocycles. The summed E-state index contributed by atoms with van der Waals surface area (Å²) in [6.07, 6.45) is 1.98. The molecule has 116 valence electrons. The summed E-state index contributed by atoms with van der Waals surface area (Å²) >= 11 is 0. The number of nitrogens with one attached hydrogen (secondary N) is 2. The van der Waals surface area contributed by atoms with E-state index in [0.717, 1.165) is 19.4 Å². The molecule has 0 spiro atoms. The second-order valence-electron chi connectivity index (χ2n) is 5.01. The Morgan fingerprint density at radius 1 is 1.38 bits per heavy atom. The number of urea groups is 1. The summed E-state index contributed by atoms with van der Waals surface area (Å²) in [5.74, 6) is 0. The first-order chi connectivity index (χ1) is 9.86. The van der Waals surface area contributed by atoms with Crippen molar-refractivity contribution < 1.29 is 17.9 Å². The lowest BCUT2D eigenvalue weighted by Gasteiger charge is -2.20. The van der Waals surface area contributed by atoms with E-state index in [9.17, 15) is 13.2 Å². The summed E-state index contributed by atoms with van der Waals surface area (Å²) in [7, 11) is -3.72. The van der Waals surface area contributed by atoms with Crippen molar-refractivity contribution in [3.05, 3.63) is 24.3 Å². The van der Waals surface area contributed by atoms with Gasteiger partial charge in [-0.25, -0.2) is 18.4 Å². The fraction of sp³-hybridized carbons (Fsp3) is 0.462. The van der Waals surface area contributed by atoms with Crippen molar-refractivity contribution in [3.63, 3.8) is 0 Å². The zero-order valence-electron chi connectivity index (χ0n) is 11.7. The number of hydrogen-bond acceptors (Lipinski definition) is 4. The van der Waals surface area contributed by atoms with Crippen molar-refractivity contribution in [2.24, 2.45) is 5.14 Å². The van der Waals surface area contributed by atoms with Crippen LogP contribution in [0.1, 0.15) is 19.8 Å². The van der Waals surface area contributed by atoms with E-state index in [2.05, 4.69) is 10.6 Å². The van der Waals surface area contributed by atoms with E-state index in [4.69, 9.17) is 9.88 Å². The quantitative estimate of drug-likeness (QED) is 0.770. The van der Waals surface area contributed by atoms with Crippen molar-refractivity contribution in [2.75, 3.05) is 11.9 Å². The third-order valence-corrected chi connectivity index (χ3v) is 4.25. The molecule has 8 heteroatoms. The first-order valence-electron chi connectivity index (χ1n) is 6.68. The average molecular weight is 313 g/mol. The van der Waals surface area contributed by atoms with E-state index in [1.54, 1.807) is 0 Å². The van der Waals surface area contributed by atoms with E-state index in [1.165, 1.54) is 24.3 Å². The SMILES string of the molecule is CC(NC(=O)Nc1ccc(S(N)(=O)=O)cc1)C1CCCO1. The molecule has 1 aromatic carbocycles. The van der Waals surface area contributed by atoms with Crippen LogP contribution in [0.3, 0.4) is 0 Å². The number of primary sulfonamides is 1. The molecule has 4 N–H and O–H groups in total. The highest BCUT2D eigenvalue weighted by molar-refractivity contribution is 7.89. The molecule has 2 unspecified atom stereocenters. The minimum absolute atomic E-state index is 0.00109. The monoisotopic (exact) mass is 313 g/mol. The highest BCUT2D eigenvalue weighted by Gasteiger charge is 2.23. The molecule has 2 atom stereocenters. The number of rotatable bonds is 4. The number of carbonyl (C=O) groups is 1. The number of carbonyl (C=O) groups excluding carboxylic acids is 1. The van der Waals surface area contributed by atoms with Gasteiger partial charge in [0.25, 0.3) is 0 Å². The van der Waals surface area contributed by atoms with Gasteiger partial charge in [0.15, 0.2) is 0 Å². The van der Waals surface area contributed by atoms with Crippen molar-refractivity contribution in [2.45, 2.75) is 36.8 Å². The molecule has 1 aliphatic heterocycles. The third kappa shape index (κ3) is 4.42. The molecule has 0 radical (unpaired) electrons. The largest absolute Gasteiger partial charge is 0.376 e. The topological polar surface area (TPSA) is 111 Å². The molecule has 1 saturated heterocycles. The Morgan fingerprint density at radius 2 is 2.05 bits per heavy atom. The van der Waals surface area contributed by atoms with Gasteiger partial charge in [-0.15, -0.1) is 0 Å². The van der Waals surface area contributed by atoms with Crippen LogP contribution in [-0.2, 0) is 14.8 Å². The summed E-state index contributed by atoms with van der Waals surface area (Å²) in [6, 6.07) is 5.20. The van der Waals surface area contributed by atoms with Crippen LogP contribution in [0.15, 0.2) is 29.2 Å². The van der Waals surface area contributed by atoms with Gasteiger partial charge >= 0.3 is 6.03 Å². The molecular weight excluding hydrogens is 294 g/mol. The van der Waals surface area contributed by atoms with Gasteiger partial charge in [0, 0.05) is 12.3 Å². The van der Waals surface area contributed by atoms with Crippen LogP contribution in [0.2, 0.25) is 0 Å². The molecule has 1 aromatic rings. The number of ether oxygens (including phenoxy) is 1. The van der Waals surface area contributed by atoms with Crippen LogP contribution in [-0.4, -0.2) is 33.2 Å². The summed E-state index contributed by atoms with van der Waals surface area (Å²) in [6.45, 7) is 2.62. The molecule has 0 aliphatic carbocycles. The zero-order chi connectivity index (χ0) is 15.5. The number of hydrogen-bond donors (Lipinski definition) is 3. The minimum atomic E-state index is -3.72. The van der Waals surface area contributed by atoms with Crippen molar-refractivity contribution in [1.82, 2.24) is 5.32 Å². The summed E-state index contributed by atoms with van der Waals surface area (Å²) in [4.78, 5) is 11.8. The Balaban J connectivity index is 1.90. The van der Waals surface area contributed by atoms with Gasteiger partial charge in [-0.05, 0) is 44.0 Å². The third-order valence-electron chi connectivity index (χ3n) is 3.32.